The topological polar surface area (TPSA) is 99.2 Å². The third kappa shape index (κ3) is 2.44. The van der Waals surface area contributed by atoms with Crippen molar-refractivity contribution in [3.8, 4) is 0 Å². The molecular formula is C21H23N5O4. The number of hydrogen-bond acceptors (Lipinski definition) is 5. The maximum absolute atomic E-state index is 13.6. The van der Waals surface area contributed by atoms with Crippen LogP contribution < -0.4 is 16.1 Å². The molecule has 0 saturated heterocycles. The molecule has 0 bridgehead atoms. The molecule has 1 aliphatic rings. The fourth-order valence-corrected chi connectivity index (χ4v) is 4.18. The van der Waals surface area contributed by atoms with Crippen molar-refractivity contribution in [1.82, 2.24) is 18.7 Å². The van der Waals surface area contributed by atoms with Gasteiger partial charge in [0, 0.05) is 14.1 Å². The zero-order valence-electron chi connectivity index (χ0n) is 17.4. The Kier molecular flexibility index (Phi) is 4.48. The number of aryl methyl sites for hydroxylation is 1. The van der Waals surface area contributed by atoms with E-state index in [0.717, 1.165) is 10.1 Å². The van der Waals surface area contributed by atoms with Gasteiger partial charge in [0.05, 0.1) is 6.54 Å². The zero-order valence-corrected chi connectivity index (χ0v) is 17.4. The molecule has 1 aliphatic heterocycles. The van der Waals surface area contributed by atoms with E-state index in [1.54, 1.807) is 13.8 Å². The average molecular weight is 409 g/mol. The van der Waals surface area contributed by atoms with Gasteiger partial charge >= 0.3 is 5.69 Å². The molecule has 1 amide bonds. The molecule has 9 nitrogen and oxygen atoms in total. The van der Waals surface area contributed by atoms with E-state index < -0.39 is 22.6 Å². The molecule has 156 valence electrons. The van der Waals surface area contributed by atoms with Crippen molar-refractivity contribution in [3.63, 3.8) is 0 Å². The van der Waals surface area contributed by atoms with E-state index in [0.29, 0.717) is 0 Å². The van der Waals surface area contributed by atoms with Gasteiger partial charge in [-0.25, -0.2) is 9.36 Å². The van der Waals surface area contributed by atoms with Gasteiger partial charge in [-0.05, 0) is 18.4 Å². The normalized spacial score (nSPS) is 15.7. The fraction of sp³-hybridized carbons (Fsp3) is 0.381. The van der Waals surface area contributed by atoms with Crippen molar-refractivity contribution in [2.24, 2.45) is 19.5 Å². The van der Waals surface area contributed by atoms with Gasteiger partial charge in [0.1, 0.15) is 5.41 Å². The maximum atomic E-state index is 13.6. The molecule has 4 rings (SSSR count). The van der Waals surface area contributed by atoms with Gasteiger partial charge < -0.3 is 0 Å². The Balaban J connectivity index is 2.09. The Hall–Kier alpha value is -3.49. The Labute approximate surface area is 172 Å². The van der Waals surface area contributed by atoms with Gasteiger partial charge in [0.25, 0.3) is 5.56 Å². The minimum absolute atomic E-state index is 0.0106. The number of carbonyl (C=O) groups is 2. The molecule has 0 unspecified atom stereocenters. The summed E-state index contributed by atoms with van der Waals surface area (Å²) >= 11 is 0. The highest BCUT2D eigenvalue weighted by atomic mass is 16.2. The standard InChI is InChI=1S/C21H23N5O4/c1-5-21(6-2)17(28)25(12-13-10-8-7-9-11-13)19-22-15-14(26(19)18(21)29)16(27)24(4)20(30)23(15)3/h7-11H,5-6,12H2,1-4H3. The third-order valence-corrected chi connectivity index (χ3v) is 6.14. The lowest BCUT2D eigenvalue weighted by atomic mass is 9.78. The highest BCUT2D eigenvalue weighted by Crippen LogP contribution is 2.40. The minimum Gasteiger partial charge on any atom is -0.279 e. The van der Waals surface area contributed by atoms with E-state index in [-0.39, 0.29) is 42.4 Å². The summed E-state index contributed by atoms with van der Waals surface area (Å²) in [6.07, 6.45) is 0.579. The van der Waals surface area contributed by atoms with Gasteiger partial charge in [-0.15, -0.1) is 0 Å². The maximum Gasteiger partial charge on any atom is 0.332 e. The molecule has 30 heavy (non-hydrogen) atoms. The second-order valence-electron chi connectivity index (χ2n) is 7.60. The van der Waals surface area contributed by atoms with E-state index in [1.165, 1.54) is 28.1 Å². The summed E-state index contributed by atoms with van der Waals surface area (Å²) in [5.41, 5.74) is -1.50. The first-order valence-corrected chi connectivity index (χ1v) is 9.87. The lowest BCUT2D eigenvalue weighted by Crippen LogP contribution is -2.55. The smallest absolute Gasteiger partial charge is 0.279 e. The third-order valence-electron chi connectivity index (χ3n) is 6.14. The van der Waals surface area contributed by atoms with Gasteiger partial charge in [-0.1, -0.05) is 44.2 Å². The lowest BCUT2D eigenvalue weighted by Gasteiger charge is -2.39. The van der Waals surface area contributed by atoms with Crippen LogP contribution in [0.1, 0.15) is 37.0 Å². The number of carbonyl (C=O) groups excluding carboxylic acids is 2. The second-order valence-corrected chi connectivity index (χ2v) is 7.60. The van der Waals surface area contributed by atoms with Crippen LogP contribution in [0.5, 0.6) is 0 Å². The van der Waals surface area contributed by atoms with Crippen LogP contribution in [0.3, 0.4) is 0 Å². The Morgan fingerprint density at radius 1 is 0.900 bits per heavy atom. The number of hydrogen-bond donors (Lipinski definition) is 0. The first kappa shape index (κ1) is 19.8. The van der Waals surface area contributed by atoms with Gasteiger partial charge in [0.2, 0.25) is 17.8 Å². The summed E-state index contributed by atoms with van der Waals surface area (Å²) in [7, 11) is 2.85. The number of rotatable bonds is 4. The van der Waals surface area contributed by atoms with Crippen LogP contribution in [-0.2, 0) is 25.4 Å². The largest absolute Gasteiger partial charge is 0.332 e. The van der Waals surface area contributed by atoms with Crippen molar-refractivity contribution < 1.29 is 9.59 Å². The van der Waals surface area contributed by atoms with Crippen LogP contribution in [0.15, 0.2) is 39.9 Å². The van der Waals surface area contributed by atoms with E-state index in [2.05, 4.69) is 4.98 Å². The van der Waals surface area contributed by atoms with E-state index in [9.17, 15) is 19.2 Å². The van der Waals surface area contributed by atoms with E-state index in [1.807, 2.05) is 30.3 Å². The van der Waals surface area contributed by atoms with Crippen LogP contribution in [0.2, 0.25) is 0 Å². The van der Waals surface area contributed by atoms with Gasteiger partial charge in [-0.2, -0.15) is 4.98 Å². The molecular weight excluding hydrogens is 386 g/mol. The molecule has 0 fully saturated rings. The van der Waals surface area contributed by atoms with E-state index in [4.69, 9.17) is 0 Å². The molecule has 0 radical (unpaired) electrons. The number of amides is 1. The predicted octanol–water partition coefficient (Wildman–Crippen LogP) is 1.43. The molecule has 3 aromatic rings. The molecule has 1 aromatic carbocycles. The van der Waals surface area contributed by atoms with Crippen molar-refractivity contribution in [3.05, 3.63) is 56.7 Å². The average Bonchev–Trinajstić information content (AvgIpc) is 3.16. The van der Waals surface area contributed by atoms with Crippen molar-refractivity contribution in [1.29, 1.82) is 0 Å². The van der Waals surface area contributed by atoms with Crippen LogP contribution in [0.4, 0.5) is 5.95 Å². The molecule has 2 aromatic heterocycles. The number of aromatic nitrogens is 4. The predicted molar refractivity (Wildman–Crippen MR) is 111 cm³/mol. The molecule has 3 heterocycles. The van der Waals surface area contributed by atoms with Crippen LogP contribution in [0, 0.1) is 5.41 Å². The Bertz CT molecular complexity index is 1290. The fourth-order valence-electron chi connectivity index (χ4n) is 4.18. The monoisotopic (exact) mass is 409 g/mol. The SMILES string of the molecule is CCC1(CC)C(=O)N(Cc2ccccc2)c2nc3c(c(=O)n(C)c(=O)n3C)n2C1=O. The molecule has 0 N–H and O–H groups in total. The summed E-state index contributed by atoms with van der Waals surface area (Å²) < 4.78 is 3.40. The Morgan fingerprint density at radius 3 is 2.13 bits per heavy atom. The number of nitrogens with zero attached hydrogens (tertiary/aromatic N) is 5. The number of imidazole rings is 1. The highest BCUT2D eigenvalue weighted by molar-refractivity contribution is 6.18. The molecule has 0 aliphatic carbocycles. The summed E-state index contributed by atoms with van der Waals surface area (Å²) in [4.78, 5) is 58.4. The first-order valence-electron chi connectivity index (χ1n) is 9.87. The summed E-state index contributed by atoms with van der Waals surface area (Å²) in [5.74, 6) is -0.749. The van der Waals surface area contributed by atoms with Crippen LogP contribution in [-0.4, -0.2) is 30.5 Å². The molecule has 9 heteroatoms. The van der Waals surface area contributed by atoms with Crippen molar-refractivity contribution in [2.45, 2.75) is 33.2 Å². The lowest BCUT2D eigenvalue weighted by molar-refractivity contribution is -0.127. The van der Waals surface area contributed by atoms with Gasteiger partial charge in [0.15, 0.2) is 11.2 Å². The summed E-state index contributed by atoms with van der Waals surface area (Å²) in [5, 5.41) is 0. The molecule has 0 atom stereocenters. The van der Waals surface area contributed by atoms with Gasteiger partial charge in [-0.3, -0.25) is 28.4 Å². The van der Waals surface area contributed by atoms with Crippen LogP contribution >= 0.6 is 0 Å². The number of anilines is 1. The summed E-state index contributed by atoms with van der Waals surface area (Å²) in [6, 6.07) is 9.37. The Morgan fingerprint density at radius 2 is 1.53 bits per heavy atom. The number of fused-ring (bicyclic) bond motifs is 3. The molecule has 0 saturated carbocycles. The highest BCUT2D eigenvalue weighted by Gasteiger charge is 2.52. The zero-order chi connectivity index (χ0) is 21.8. The second kappa shape index (κ2) is 6.79. The first-order chi connectivity index (χ1) is 14.3. The minimum atomic E-state index is -1.30. The van der Waals surface area contributed by atoms with Crippen LogP contribution in [0.25, 0.3) is 11.2 Å². The van der Waals surface area contributed by atoms with Crippen molar-refractivity contribution >= 4 is 28.9 Å². The quantitative estimate of drug-likeness (QED) is 0.607. The van der Waals surface area contributed by atoms with Crippen molar-refractivity contribution in [2.75, 3.05) is 4.90 Å². The molecule has 0 spiro atoms. The number of benzene rings is 1. The van der Waals surface area contributed by atoms with E-state index >= 15 is 0 Å². The summed E-state index contributed by atoms with van der Waals surface area (Å²) in [6.45, 7) is 3.78.